The van der Waals surface area contributed by atoms with Crippen molar-refractivity contribution < 1.29 is 19.1 Å². The average Bonchev–Trinajstić information content (AvgIpc) is 3.20. The monoisotopic (exact) mass is 405 g/mol. The van der Waals surface area contributed by atoms with E-state index in [4.69, 9.17) is 4.74 Å². The first-order valence-corrected chi connectivity index (χ1v) is 9.94. The highest BCUT2D eigenvalue weighted by molar-refractivity contribution is 6.04. The van der Waals surface area contributed by atoms with E-state index in [9.17, 15) is 14.4 Å². The van der Waals surface area contributed by atoms with Crippen molar-refractivity contribution in [2.75, 3.05) is 52.9 Å². The highest BCUT2D eigenvalue weighted by Crippen LogP contribution is 2.31. The minimum Gasteiger partial charge on any atom is -0.450 e. The summed E-state index contributed by atoms with van der Waals surface area (Å²) in [6.07, 6.45) is 1.16. The Labute approximate surface area is 169 Å². The summed E-state index contributed by atoms with van der Waals surface area (Å²) in [7, 11) is 1.65. The van der Waals surface area contributed by atoms with Crippen LogP contribution in [0.15, 0.2) is 16.9 Å². The lowest BCUT2D eigenvalue weighted by atomic mass is 10.1. The van der Waals surface area contributed by atoms with Crippen molar-refractivity contribution in [2.45, 2.75) is 26.1 Å². The van der Waals surface area contributed by atoms with E-state index in [1.807, 2.05) is 24.9 Å². The van der Waals surface area contributed by atoms with Crippen LogP contribution in [-0.4, -0.2) is 114 Å². The molecule has 2 unspecified atom stereocenters. The number of nitrogens with one attached hydrogen (secondary N) is 1. The van der Waals surface area contributed by atoms with E-state index in [2.05, 4.69) is 20.1 Å². The molecule has 11 nitrogen and oxygen atoms in total. The highest BCUT2D eigenvalue weighted by atomic mass is 16.6. The predicted octanol–water partition coefficient (Wildman–Crippen LogP) is -0.515. The first-order chi connectivity index (χ1) is 13.9. The molecule has 4 aliphatic rings. The quantitative estimate of drug-likeness (QED) is 0.672. The molecule has 29 heavy (non-hydrogen) atoms. The van der Waals surface area contributed by atoms with Crippen LogP contribution in [0.5, 0.6) is 0 Å². The number of carbonyl (C=O) groups excluding carboxylic acids is 3. The molecule has 0 aromatic heterocycles. The van der Waals surface area contributed by atoms with Crippen molar-refractivity contribution in [3.63, 3.8) is 0 Å². The van der Waals surface area contributed by atoms with Crippen LogP contribution in [0.25, 0.3) is 0 Å². The number of allylic oxidation sites excluding steroid dienone is 1. The smallest absolute Gasteiger partial charge is 0.409 e. The third-order valence-corrected chi connectivity index (χ3v) is 5.81. The minimum atomic E-state index is -0.527. The molecule has 0 saturated carbocycles. The van der Waals surface area contributed by atoms with Gasteiger partial charge in [0.1, 0.15) is 0 Å². The summed E-state index contributed by atoms with van der Waals surface area (Å²) in [6.45, 7) is 8.59. The van der Waals surface area contributed by atoms with Crippen LogP contribution < -0.4 is 5.32 Å². The van der Waals surface area contributed by atoms with E-state index in [0.29, 0.717) is 25.7 Å². The van der Waals surface area contributed by atoms with Gasteiger partial charge in [-0.1, -0.05) is 0 Å². The van der Waals surface area contributed by atoms with Crippen molar-refractivity contribution in [3.05, 3.63) is 11.9 Å². The molecule has 2 atom stereocenters. The van der Waals surface area contributed by atoms with Crippen molar-refractivity contribution in [1.82, 2.24) is 29.8 Å². The molecule has 4 aliphatic heterocycles. The predicted molar refractivity (Wildman–Crippen MR) is 104 cm³/mol. The summed E-state index contributed by atoms with van der Waals surface area (Å²) in [5.74, 6) is 0.386. The molecule has 0 aromatic carbocycles. The van der Waals surface area contributed by atoms with Gasteiger partial charge in [-0.25, -0.2) is 14.6 Å². The lowest BCUT2D eigenvalue weighted by Gasteiger charge is -2.35. The van der Waals surface area contributed by atoms with Crippen LogP contribution in [-0.2, 0) is 9.53 Å². The van der Waals surface area contributed by atoms with Crippen LogP contribution in [0, 0.1) is 0 Å². The van der Waals surface area contributed by atoms with Crippen LogP contribution >= 0.6 is 0 Å². The number of urea groups is 1. The van der Waals surface area contributed by atoms with E-state index in [0.717, 1.165) is 31.9 Å². The number of likely N-dealkylation sites (N-methyl/N-ethyl adjacent to an activating group) is 1. The largest absolute Gasteiger partial charge is 0.450 e. The lowest BCUT2D eigenvalue weighted by molar-refractivity contribution is -0.126. The second kappa shape index (κ2) is 7.54. The molecule has 2 fully saturated rings. The molecule has 4 rings (SSSR count). The zero-order valence-electron chi connectivity index (χ0n) is 17.0. The van der Waals surface area contributed by atoms with Crippen LogP contribution in [0.2, 0.25) is 0 Å². The third kappa shape index (κ3) is 3.39. The lowest BCUT2D eigenvalue weighted by Crippen LogP contribution is -2.62. The number of hydrogen-bond acceptors (Lipinski definition) is 8. The van der Waals surface area contributed by atoms with E-state index < -0.39 is 18.2 Å². The molecule has 0 spiro atoms. The van der Waals surface area contributed by atoms with Gasteiger partial charge >= 0.3 is 12.1 Å². The SMILES string of the molecule is CCOC(=O)N1CCN(CCN2C(C)=CN3C2=NC2C3C(=O)NC(=O)N2C)CC1. The fourth-order valence-electron chi connectivity index (χ4n) is 4.13. The molecule has 2 saturated heterocycles. The van der Waals surface area contributed by atoms with E-state index in [1.165, 1.54) is 4.90 Å². The third-order valence-electron chi connectivity index (χ3n) is 5.81. The minimum absolute atomic E-state index is 0.249. The fraction of sp³-hybridized carbons (Fsp3) is 0.667. The van der Waals surface area contributed by atoms with Gasteiger partial charge < -0.3 is 24.3 Å². The zero-order valence-corrected chi connectivity index (χ0v) is 17.0. The maximum absolute atomic E-state index is 12.4. The first-order valence-electron chi connectivity index (χ1n) is 9.94. The highest BCUT2D eigenvalue weighted by Gasteiger charge is 2.51. The van der Waals surface area contributed by atoms with Gasteiger partial charge in [0.2, 0.25) is 5.96 Å². The number of ether oxygens (including phenoxy) is 1. The van der Waals surface area contributed by atoms with Gasteiger partial charge in [0.25, 0.3) is 5.91 Å². The molecule has 0 aromatic rings. The Hall–Kier alpha value is -2.82. The van der Waals surface area contributed by atoms with Gasteiger partial charge in [0.05, 0.1) is 6.61 Å². The molecular formula is C18H27N7O4. The maximum Gasteiger partial charge on any atom is 0.409 e. The van der Waals surface area contributed by atoms with E-state index in [1.54, 1.807) is 11.9 Å². The van der Waals surface area contributed by atoms with Gasteiger partial charge in [0.15, 0.2) is 12.2 Å². The van der Waals surface area contributed by atoms with Gasteiger partial charge in [-0.2, -0.15) is 0 Å². The summed E-state index contributed by atoms with van der Waals surface area (Å²) in [5, 5.41) is 2.38. The summed E-state index contributed by atoms with van der Waals surface area (Å²) in [5.41, 5.74) is 1.01. The van der Waals surface area contributed by atoms with Gasteiger partial charge in [0, 0.05) is 58.2 Å². The van der Waals surface area contributed by atoms with Crippen molar-refractivity contribution in [3.8, 4) is 0 Å². The Bertz CT molecular complexity index is 774. The van der Waals surface area contributed by atoms with Crippen molar-refractivity contribution in [2.24, 2.45) is 4.99 Å². The molecule has 1 N–H and O–H groups in total. The number of hydrogen-bond donors (Lipinski definition) is 1. The van der Waals surface area contributed by atoms with Crippen LogP contribution in [0.1, 0.15) is 13.8 Å². The summed E-state index contributed by atoms with van der Waals surface area (Å²) in [6, 6.07) is -0.950. The summed E-state index contributed by atoms with van der Waals surface area (Å²) in [4.78, 5) is 50.2. The first kappa shape index (κ1) is 19.5. The Kier molecular flexibility index (Phi) is 5.07. The molecule has 0 radical (unpaired) electrons. The molecule has 11 heteroatoms. The zero-order chi connectivity index (χ0) is 20.7. The fourth-order valence-corrected chi connectivity index (χ4v) is 4.13. The number of aliphatic imine (C=N–C) groups is 1. The second-order valence-corrected chi connectivity index (χ2v) is 7.55. The van der Waals surface area contributed by atoms with Crippen molar-refractivity contribution in [1.29, 1.82) is 0 Å². The second-order valence-electron chi connectivity index (χ2n) is 7.55. The molecule has 0 bridgehead atoms. The Morgan fingerprint density at radius 3 is 2.66 bits per heavy atom. The van der Waals surface area contributed by atoms with Gasteiger partial charge in [-0.15, -0.1) is 0 Å². The Morgan fingerprint density at radius 1 is 1.24 bits per heavy atom. The Balaban J connectivity index is 1.36. The average molecular weight is 405 g/mol. The number of nitrogens with zero attached hydrogens (tertiary/aromatic N) is 6. The number of guanidine groups is 1. The summed E-state index contributed by atoms with van der Waals surface area (Å²) < 4.78 is 5.06. The number of piperazine rings is 1. The molecule has 158 valence electrons. The number of rotatable bonds is 4. The molecular weight excluding hydrogens is 378 g/mol. The van der Waals surface area contributed by atoms with Crippen LogP contribution in [0.4, 0.5) is 9.59 Å². The number of imide groups is 1. The Morgan fingerprint density at radius 2 is 1.97 bits per heavy atom. The normalized spacial score (nSPS) is 26.9. The van der Waals surface area contributed by atoms with Crippen molar-refractivity contribution >= 4 is 24.0 Å². The van der Waals surface area contributed by atoms with Gasteiger partial charge in [-0.05, 0) is 13.8 Å². The molecule has 4 heterocycles. The topological polar surface area (TPSA) is 101 Å². The summed E-state index contributed by atoms with van der Waals surface area (Å²) >= 11 is 0. The number of fused-ring (bicyclic) bond motifs is 3. The van der Waals surface area contributed by atoms with Gasteiger partial charge in [-0.3, -0.25) is 15.0 Å². The number of amides is 4. The standard InChI is InChI=1S/C18H27N7O4/c1-4-29-18(28)23-8-5-22(6-9-23)7-10-24-12(2)11-25-13-14(19-16(24)25)21(3)17(27)20-15(13)26/h11,13-14H,4-10H2,1-3H3,(H,20,26,27). The molecule has 0 aliphatic carbocycles. The number of carbonyl (C=O) groups is 3. The van der Waals surface area contributed by atoms with E-state index in [-0.39, 0.29) is 12.0 Å². The molecule has 4 amide bonds. The van der Waals surface area contributed by atoms with E-state index >= 15 is 0 Å². The van der Waals surface area contributed by atoms with Crippen LogP contribution in [0.3, 0.4) is 0 Å². The maximum atomic E-state index is 12.4.